The number of thioether (sulfide) groups is 1. The van der Waals surface area contributed by atoms with Crippen LogP contribution >= 0.6 is 50.9 Å². The van der Waals surface area contributed by atoms with E-state index in [9.17, 15) is 0 Å². The van der Waals surface area contributed by atoms with Crippen molar-refractivity contribution in [3.63, 3.8) is 0 Å². The minimum atomic E-state index is 0.555. The molecule has 0 N–H and O–H groups in total. The zero-order valence-corrected chi connectivity index (χ0v) is 13.0. The number of rotatable bonds is 1. The predicted octanol–water partition coefficient (Wildman–Crippen LogP) is 4.96. The molecule has 0 bridgehead atoms. The lowest BCUT2D eigenvalue weighted by Crippen LogP contribution is -1.97. The molecule has 0 spiro atoms. The third kappa shape index (κ3) is 2.27. The van der Waals surface area contributed by atoms with E-state index in [1.165, 1.54) is 0 Å². The number of hydrogen-bond donors (Lipinski definition) is 0. The van der Waals surface area contributed by atoms with E-state index >= 15 is 0 Å². The standard InChI is InChI=1S/C12H7BrCl2N2S/c13-8-2-1-6(3-9(8)14)12-16-10-5-18-4-7(10)11(15)17-12/h1-3H,4-5H2. The van der Waals surface area contributed by atoms with Gasteiger partial charge in [-0.3, -0.25) is 0 Å². The van der Waals surface area contributed by atoms with Gasteiger partial charge in [-0.15, -0.1) is 0 Å². The summed E-state index contributed by atoms with van der Waals surface area (Å²) in [6, 6.07) is 5.65. The highest BCUT2D eigenvalue weighted by Crippen LogP contribution is 2.35. The van der Waals surface area contributed by atoms with Gasteiger partial charge in [0, 0.05) is 27.1 Å². The van der Waals surface area contributed by atoms with Crippen LogP contribution in [0.15, 0.2) is 22.7 Å². The van der Waals surface area contributed by atoms with Gasteiger partial charge in [-0.25, -0.2) is 9.97 Å². The van der Waals surface area contributed by atoms with Crippen LogP contribution in [0.4, 0.5) is 0 Å². The average Bonchev–Trinajstić information content (AvgIpc) is 2.81. The topological polar surface area (TPSA) is 25.8 Å². The van der Waals surface area contributed by atoms with Crippen molar-refractivity contribution in [3.8, 4) is 11.4 Å². The molecule has 92 valence electrons. The molecule has 0 fully saturated rings. The van der Waals surface area contributed by atoms with Crippen molar-refractivity contribution in [1.82, 2.24) is 9.97 Å². The van der Waals surface area contributed by atoms with E-state index in [4.69, 9.17) is 23.2 Å². The molecule has 0 aliphatic carbocycles. The summed E-state index contributed by atoms with van der Waals surface area (Å²) in [5, 5.41) is 1.20. The number of hydrogen-bond acceptors (Lipinski definition) is 3. The van der Waals surface area contributed by atoms with Crippen molar-refractivity contribution in [2.24, 2.45) is 0 Å². The van der Waals surface area contributed by atoms with Gasteiger partial charge in [0.1, 0.15) is 5.15 Å². The van der Waals surface area contributed by atoms with Crippen LogP contribution in [-0.2, 0) is 11.5 Å². The Balaban J connectivity index is 2.12. The summed E-state index contributed by atoms with van der Waals surface area (Å²) in [4.78, 5) is 8.92. The molecule has 0 amide bonds. The van der Waals surface area contributed by atoms with Crippen LogP contribution in [0.25, 0.3) is 11.4 Å². The van der Waals surface area contributed by atoms with Crippen molar-refractivity contribution >= 4 is 50.9 Å². The van der Waals surface area contributed by atoms with E-state index in [-0.39, 0.29) is 0 Å². The predicted molar refractivity (Wildman–Crippen MR) is 80.2 cm³/mol. The Morgan fingerprint density at radius 3 is 2.78 bits per heavy atom. The zero-order chi connectivity index (χ0) is 12.7. The molecule has 0 saturated carbocycles. The van der Waals surface area contributed by atoms with Gasteiger partial charge in [0.05, 0.1) is 10.7 Å². The van der Waals surface area contributed by atoms with Gasteiger partial charge >= 0.3 is 0 Å². The minimum Gasteiger partial charge on any atom is -0.232 e. The number of fused-ring (bicyclic) bond motifs is 1. The summed E-state index contributed by atoms with van der Waals surface area (Å²) in [5.74, 6) is 2.43. The lowest BCUT2D eigenvalue weighted by atomic mass is 10.2. The van der Waals surface area contributed by atoms with E-state index in [2.05, 4.69) is 25.9 Å². The van der Waals surface area contributed by atoms with E-state index in [1.807, 2.05) is 18.2 Å². The lowest BCUT2D eigenvalue weighted by molar-refractivity contribution is 1.07. The molecule has 18 heavy (non-hydrogen) atoms. The maximum atomic E-state index is 6.19. The second kappa shape index (κ2) is 5.00. The van der Waals surface area contributed by atoms with Crippen LogP contribution in [-0.4, -0.2) is 9.97 Å². The van der Waals surface area contributed by atoms with Crippen molar-refractivity contribution in [2.45, 2.75) is 11.5 Å². The maximum absolute atomic E-state index is 6.19. The molecule has 1 aromatic carbocycles. The van der Waals surface area contributed by atoms with Gasteiger partial charge in [0.15, 0.2) is 5.82 Å². The molecule has 0 atom stereocenters. The molecule has 3 rings (SSSR count). The lowest BCUT2D eigenvalue weighted by Gasteiger charge is -2.06. The molecular formula is C12H7BrCl2N2S. The first-order chi connectivity index (χ1) is 8.65. The molecule has 0 unspecified atom stereocenters. The fourth-order valence-corrected chi connectivity index (χ4v) is 3.58. The molecule has 0 saturated heterocycles. The first-order valence-electron chi connectivity index (χ1n) is 5.23. The van der Waals surface area contributed by atoms with Crippen LogP contribution < -0.4 is 0 Å². The third-order valence-electron chi connectivity index (χ3n) is 2.71. The monoisotopic (exact) mass is 360 g/mol. The van der Waals surface area contributed by atoms with E-state index in [1.54, 1.807) is 11.8 Å². The molecule has 2 heterocycles. The van der Waals surface area contributed by atoms with Crippen LogP contribution in [0, 0.1) is 0 Å². The zero-order valence-electron chi connectivity index (χ0n) is 9.08. The average molecular weight is 362 g/mol. The Hall–Kier alpha value is -0.290. The summed E-state index contributed by atoms with van der Waals surface area (Å²) in [6.45, 7) is 0. The maximum Gasteiger partial charge on any atom is 0.161 e. The molecule has 1 aromatic heterocycles. The van der Waals surface area contributed by atoms with Crippen molar-refractivity contribution in [2.75, 3.05) is 0 Å². The fraction of sp³-hybridized carbons (Fsp3) is 0.167. The Labute approximate surface area is 127 Å². The van der Waals surface area contributed by atoms with E-state index in [0.29, 0.717) is 16.0 Å². The van der Waals surface area contributed by atoms with Crippen molar-refractivity contribution in [3.05, 3.63) is 44.1 Å². The highest BCUT2D eigenvalue weighted by molar-refractivity contribution is 9.10. The first kappa shape index (κ1) is 12.7. The van der Waals surface area contributed by atoms with Gasteiger partial charge in [0.2, 0.25) is 0 Å². The largest absolute Gasteiger partial charge is 0.232 e. The SMILES string of the molecule is Clc1cc(-c2nc(Cl)c3c(n2)CSC3)ccc1Br. The molecule has 1 aliphatic rings. The highest BCUT2D eigenvalue weighted by Gasteiger charge is 2.19. The van der Waals surface area contributed by atoms with Crippen LogP contribution in [0.1, 0.15) is 11.3 Å². The molecular weight excluding hydrogens is 355 g/mol. The number of aromatic nitrogens is 2. The quantitative estimate of drug-likeness (QED) is 0.671. The van der Waals surface area contributed by atoms with Gasteiger partial charge < -0.3 is 0 Å². The van der Waals surface area contributed by atoms with E-state index < -0.39 is 0 Å². The molecule has 6 heteroatoms. The first-order valence-corrected chi connectivity index (χ1v) is 7.94. The molecule has 1 aliphatic heterocycles. The van der Waals surface area contributed by atoms with Gasteiger partial charge in [-0.1, -0.05) is 23.2 Å². The minimum absolute atomic E-state index is 0.555. The molecule has 0 radical (unpaired) electrons. The van der Waals surface area contributed by atoms with Crippen LogP contribution in [0.2, 0.25) is 10.2 Å². The van der Waals surface area contributed by atoms with Gasteiger partial charge in [-0.05, 0) is 34.1 Å². The normalized spacial score (nSPS) is 13.7. The van der Waals surface area contributed by atoms with Crippen LogP contribution in [0.3, 0.4) is 0 Å². The summed E-state index contributed by atoms with van der Waals surface area (Å²) in [5.41, 5.74) is 2.98. The smallest absolute Gasteiger partial charge is 0.161 e. The Morgan fingerprint density at radius 1 is 1.17 bits per heavy atom. The van der Waals surface area contributed by atoms with Gasteiger partial charge in [-0.2, -0.15) is 11.8 Å². The third-order valence-corrected chi connectivity index (χ3v) is 5.22. The van der Waals surface area contributed by atoms with Gasteiger partial charge in [0.25, 0.3) is 0 Å². The summed E-state index contributed by atoms with van der Waals surface area (Å²) in [6.07, 6.45) is 0. The summed E-state index contributed by atoms with van der Waals surface area (Å²) >= 11 is 17.4. The number of benzene rings is 1. The molecule has 2 nitrogen and oxygen atoms in total. The van der Waals surface area contributed by atoms with Crippen molar-refractivity contribution in [1.29, 1.82) is 0 Å². The van der Waals surface area contributed by atoms with Crippen molar-refractivity contribution < 1.29 is 0 Å². The Bertz CT molecular complexity index is 634. The second-order valence-corrected chi connectivity index (χ2v) is 6.49. The van der Waals surface area contributed by atoms with Crippen LogP contribution in [0.5, 0.6) is 0 Å². The highest BCUT2D eigenvalue weighted by atomic mass is 79.9. The Kier molecular flexibility index (Phi) is 3.54. The van der Waals surface area contributed by atoms with E-state index in [0.717, 1.165) is 32.8 Å². The number of halogens is 3. The second-order valence-electron chi connectivity index (χ2n) is 3.88. The number of nitrogens with zero attached hydrogens (tertiary/aromatic N) is 2. The summed E-state index contributed by atoms with van der Waals surface area (Å²) < 4.78 is 0.857. The molecule has 2 aromatic rings. The summed E-state index contributed by atoms with van der Waals surface area (Å²) in [7, 11) is 0. The fourth-order valence-electron chi connectivity index (χ4n) is 1.78. The Morgan fingerprint density at radius 2 is 2.00 bits per heavy atom.